The normalized spacial score (nSPS) is 11.0. The molecule has 0 aliphatic carbocycles. The van der Waals surface area contributed by atoms with E-state index in [0.717, 1.165) is 10.6 Å². The van der Waals surface area contributed by atoms with Crippen molar-refractivity contribution in [1.29, 1.82) is 0 Å². The second-order valence-corrected chi connectivity index (χ2v) is 7.35. The third-order valence-electron chi connectivity index (χ3n) is 3.04. The Hall–Kier alpha value is -0.420. The molecule has 0 heterocycles. The Morgan fingerprint density at radius 2 is 2.05 bits per heavy atom. The zero-order valence-corrected chi connectivity index (χ0v) is 15.4. The van der Waals surface area contributed by atoms with Gasteiger partial charge in [0.15, 0.2) is 0 Å². The molecule has 1 aromatic rings. The van der Waals surface area contributed by atoms with Crippen LogP contribution in [0.2, 0.25) is 5.02 Å². The molecule has 0 aromatic heterocycles. The number of hydrogen-bond acceptors (Lipinski definition) is 3. The average Bonchev–Trinajstić information content (AvgIpc) is 2.39. The number of nitrogens with two attached hydrogens (primary N) is 1. The molecule has 120 valence electrons. The van der Waals surface area contributed by atoms with Crippen molar-refractivity contribution in [2.24, 2.45) is 11.1 Å². The van der Waals surface area contributed by atoms with Crippen molar-refractivity contribution in [2.75, 3.05) is 25.9 Å². The van der Waals surface area contributed by atoms with Gasteiger partial charge in [-0.25, -0.2) is 0 Å². The van der Waals surface area contributed by atoms with Crippen molar-refractivity contribution in [3.8, 4) is 0 Å². The van der Waals surface area contributed by atoms with Gasteiger partial charge in [0, 0.05) is 23.5 Å². The van der Waals surface area contributed by atoms with Crippen molar-refractivity contribution in [3.63, 3.8) is 0 Å². The number of hydrogen-bond donors (Lipinski definition) is 1. The lowest BCUT2D eigenvalue weighted by Gasteiger charge is -2.29. The van der Waals surface area contributed by atoms with E-state index in [1.165, 1.54) is 0 Å². The molecule has 0 bridgehead atoms. The summed E-state index contributed by atoms with van der Waals surface area (Å²) in [5.41, 5.74) is 6.30. The van der Waals surface area contributed by atoms with E-state index >= 15 is 0 Å². The maximum Gasteiger partial charge on any atom is 0.254 e. The van der Waals surface area contributed by atoms with Crippen LogP contribution >= 0.6 is 35.8 Å². The van der Waals surface area contributed by atoms with Gasteiger partial charge in [0.2, 0.25) is 0 Å². The molecule has 1 rings (SSSR count). The first kappa shape index (κ1) is 20.6. The number of rotatable bonds is 6. The van der Waals surface area contributed by atoms with E-state index in [1.54, 1.807) is 29.8 Å². The third-order valence-corrected chi connectivity index (χ3v) is 4.23. The van der Waals surface area contributed by atoms with Crippen LogP contribution in [0.1, 0.15) is 31.1 Å². The molecule has 3 nitrogen and oxygen atoms in total. The molecule has 0 aliphatic rings. The molecule has 1 amide bonds. The number of thioether (sulfide) groups is 1. The maximum absolute atomic E-state index is 12.6. The molecule has 0 saturated carbocycles. The summed E-state index contributed by atoms with van der Waals surface area (Å²) in [6.07, 6.45) is 0. The zero-order valence-electron chi connectivity index (χ0n) is 13.0. The van der Waals surface area contributed by atoms with Crippen LogP contribution in [0.25, 0.3) is 0 Å². The predicted molar refractivity (Wildman–Crippen MR) is 94.9 cm³/mol. The fourth-order valence-electron chi connectivity index (χ4n) is 1.93. The highest BCUT2D eigenvalue weighted by atomic mass is 35.5. The van der Waals surface area contributed by atoms with Gasteiger partial charge in [-0.15, -0.1) is 24.2 Å². The molecule has 6 heteroatoms. The molecule has 0 saturated heterocycles. The van der Waals surface area contributed by atoms with Crippen molar-refractivity contribution in [2.45, 2.75) is 25.7 Å². The van der Waals surface area contributed by atoms with E-state index in [0.29, 0.717) is 23.7 Å². The van der Waals surface area contributed by atoms with Crippen molar-refractivity contribution in [1.82, 2.24) is 4.90 Å². The van der Waals surface area contributed by atoms with Crippen LogP contribution in [0, 0.1) is 5.41 Å². The molecule has 2 N–H and O–H groups in total. The van der Waals surface area contributed by atoms with Crippen LogP contribution < -0.4 is 5.73 Å². The quantitative estimate of drug-likeness (QED) is 0.790. The Bertz CT molecular complexity index is 481. The summed E-state index contributed by atoms with van der Waals surface area (Å²) < 4.78 is 0. The van der Waals surface area contributed by atoms with Gasteiger partial charge in [-0.3, -0.25) is 4.79 Å². The van der Waals surface area contributed by atoms with Crippen LogP contribution in [-0.4, -0.2) is 36.7 Å². The third kappa shape index (κ3) is 6.07. The second kappa shape index (κ2) is 8.89. The number of halogens is 2. The second-order valence-electron chi connectivity index (χ2n) is 5.60. The van der Waals surface area contributed by atoms with Gasteiger partial charge in [-0.05, 0) is 35.9 Å². The number of benzene rings is 1. The summed E-state index contributed by atoms with van der Waals surface area (Å²) in [5, 5.41) is 0.584. The number of carbonyl (C=O) groups excluding carboxylic acids is 1. The van der Waals surface area contributed by atoms with Gasteiger partial charge in [0.25, 0.3) is 5.91 Å². The summed E-state index contributed by atoms with van der Waals surface area (Å²) in [4.78, 5) is 15.3. The zero-order chi connectivity index (χ0) is 15.3. The Labute approximate surface area is 143 Å². The van der Waals surface area contributed by atoms with Crippen LogP contribution in [0.3, 0.4) is 0 Å². The van der Waals surface area contributed by atoms with E-state index in [2.05, 4.69) is 20.8 Å². The molecule has 0 aliphatic heterocycles. The highest BCUT2D eigenvalue weighted by Gasteiger charge is 2.23. The van der Waals surface area contributed by atoms with Crippen LogP contribution in [0.5, 0.6) is 0 Å². The molecular formula is C15H24Cl2N2OS. The van der Waals surface area contributed by atoms with Crippen molar-refractivity contribution >= 4 is 41.7 Å². The molecular weight excluding hydrogens is 327 g/mol. The Morgan fingerprint density at radius 3 is 2.57 bits per heavy atom. The van der Waals surface area contributed by atoms with Gasteiger partial charge in [-0.2, -0.15) is 0 Å². The first-order valence-corrected chi connectivity index (χ1v) is 8.05. The minimum Gasteiger partial charge on any atom is -0.341 e. The maximum atomic E-state index is 12.6. The first-order chi connectivity index (χ1) is 9.30. The smallest absolute Gasteiger partial charge is 0.254 e. The molecule has 0 fully saturated rings. The van der Waals surface area contributed by atoms with E-state index in [-0.39, 0.29) is 23.7 Å². The van der Waals surface area contributed by atoms with Crippen LogP contribution in [0.4, 0.5) is 0 Å². The van der Waals surface area contributed by atoms with E-state index in [9.17, 15) is 4.79 Å². The lowest BCUT2D eigenvalue weighted by Crippen LogP contribution is -2.39. The van der Waals surface area contributed by atoms with Gasteiger partial charge < -0.3 is 10.6 Å². The summed E-state index contributed by atoms with van der Waals surface area (Å²) >= 11 is 7.68. The van der Waals surface area contributed by atoms with Gasteiger partial charge in [0.1, 0.15) is 0 Å². The van der Waals surface area contributed by atoms with E-state index in [4.69, 9.17) is 17.3 Å². The molecule has 21 heavy (non-hydrogen) atoms. The summed E-state index contributed by atoms with van der Waals surface area (Å²) in [7, 11) is 1.81. The minimum atomic E-state index is -0.0962. The van der Waals surface area contributed by atoms with Gasteiger partial charge >= 0.3 is 0 Å². The van der Waals surface area contributed by atoms with Crippen molar-refractivity contribution < 1.29 is 4.79 Å². The molecule has 0 unspecified atom stereocenters. The number of amides is 1. The largest absolute Gasteiger partial charge is 0.341 e. The summed E-state index contributed by atoms with van der Waals surface area (Å²) in [6.45, 7) is 7.32. The average molecular weight is 351 g/mol. The number of carbonyl (C=O) groups is 1. The monoisotopic (exact) mass is 350 g/mol. The molecule has 1 aromatic carbocycles. The van der Waals surface area contributed by atoms with Gasteiger partial charge in [0.05, 0.1) is 5.56 Å². The summed E-state index contributed by atoms with van der Waals surface area (Å²) in [6, 6.07) is 5.47. The Kier molecular flexibility index (Phi) is 8.71. The predicted octanol–water partition coefficient (Wildman–Crippen LogP) is 3.93. The highest BCUT2D eigenvalue weighted by molar-refractivity contribution is 7.99. The van der Waals surface area contributed by atoms with E-state index in [1.807, 2.05) is 12.1 Å². The fraction of sp³-hybridized carbons (Fsp3) is 0.533. The summed E-state index contributed by atoms with van der Waals surface area (Å²) in [5.74, 6) is 0.907. The Balaban J connectivity index is 0.00000400. The standard InChI is InChI=1S/C15H23ClN2OS.ClH/c1-5-20-13-7-6-11(16)8-12(13)14(19)18(4)10-15(2,3)9-17;/h6-8H,5,9-10,17H2,1-4H3;1H. The number of nitrogens with zero attached hydrogens (tertiary/aromatic N) is 1. The minimum absolute atomic E-state index is 0. The SMILES string of the molecule is CCSc1ccc(Cl)cc1C(=O)N(C)CC(C)(C)CN.Cl. The van der Waals surface area contributed by atoms with Gasteiger partial charge in [-0.1, -0.05) is 32.4 Å². The fourth-order valence-corrected chi connectivity index (χ4v) is 2.88. The highest BCUT2D eigenvalue weighted by Crippen LogP contribution is 2.27. The molecule has 0 atom stereocenters. The van der Waals surface area contributed by atoms with Crippen LogP contribution in [-0.2, 0) is 0 Å². The van der Waals surface area contributed by atoms with Crippen molar-refractivity contribution in [3.05, 3.63) is 28.8 Å². The van der Waals surface area contributed by atoms with E-state index < -0.39 is 0 Å². The lowest BCUT2D eigenvalue weighted by molar-refractivity contribution is 0.0737. The van der Waals surface area contributed by atoms with Crippen LogP contribution in [0.15, 0.2) is 23.1 Å². The lowest BCUT2D eigenvalue weighted by atomic mass is 9.93. The first-order valence-electron chi connectivity index (χ1n) is 6.68. The topological polar surface area (TPSA) is 46.3 Å². The molecule has 0 spiro atoms. The molecule has 0 radical (unpaired) electrons. The Morgan fingerprint density at radius 1 is 1.43 bits per heavy atom.